The molecule has 1 rings (SSSR count). The molecule has 2 heteroatoms. The Morgan fingerprint density at radius 2 is 2.09 bits per heavy atom. The van der Waals surface area contributed by atoms with Crippen LogP contribution in [-0.4, -0.2) is 19.0 Å². The lowest BCUT2D eigenvalue weighted by atomic mass is 10.2. The first-order valence-electron chi connectivity index (χ1n) is 4.55. The summed E-state index contributed by atoms with van der Waals surface area (Å²) >= 11 is 0. The summed E-state index contributed by atoms with van der Waals surface area (Å²) in [5, 5.41) is 0. The molecule has 0 aromatic carbocycles. The number of hydrogen-bond donors (Lipinski definition) is 0. The van der Waals surface area contributed by atoms with Crippen molar-refractivity contribution < 1.29 is 9.47 Å². The molecule has 0 bridgehead atoms. The summed E-state index contributed by atoms with van der Waals surface area (Å²) in [5.74, 6) is -0.202. The van der Waals surface area contributed by atoms with Crippen LogP contribution in [0.4, 0.5) is 0 Å². The van der Waals surface area contributed by atoms with Crippen molar-refractivity contribution in [2.45, 2.75) is 45.3 Å². The number of ether oxygens (including phenoxy) is 2. The summed E-state index contributed by atoms with van der Waals surface area (Å²) in [6.07, 6.45) is 5.06. The summed E-state index contributed by atoms with van der Waals surface area (Å²) in [4.78, 5) is 0. The molecular weight excluding hydrogens is 140 g/mol. The molecule has 0 spiro atoms. The lowest BCUT2D eigenvalue weighted by Crippen LogP contribution is -2.11. The van der Waals surface area contributed by atoms with Crippen LogP contribution in [0, 0.1) is 0 Å². The maximum absolute atomic E-state index is 5.46. The highest BCUT2D eigenvalue weighted by molar-refractivity contribution is 4.74. The van der Waals surface area contributed by atoms with Crippen LogP contribution in [0.15, 0.2) is 0 Å². The van der Waals surface area contributed by atoms with Crippen molar-refractivity contribution in [1.29, 1.82) is 0 Å². The van der Waals surface area contributed by atoms with Crippen molar-refractivity contribution in [3.8, 4) is 0 Å². The predicted octanol–water partition coefficient (Wildman–Crippen LogP) is 2.33. The Kier molecular flexibility index (Phi) is 3.34. The third-order valence-electron chi connectivity index (χ3n) is 1.96. The largest absolute Gasteiger partial charge is 0.348 e. The van der Waals surface area contributed by atoms with Crippen molar-refractivity contribution in [1.82, 2.24) is 0 Å². The first kappa shape index (κ1) is 9.01. The van der Waals surface area contributed by atoms with Crippen molar-refractivity contribution in [2.75, 3.05) is 13.2 Å². The van der Waals surface area contributed by atoms with Gasteiger partial charge in [-0.2, -0.15) is 0 Å². The first-order chi connectivity index (χ1) is 5.27. The molecule has 1 fully saturated rings. The molecule has 0 amide bonds. The minimum atomic E-state index is -0.202. The first-order valence-corrected chi connectivity index (χ1v) is 4.55. The third-order valence-corrected chi connectivity index (χ3v) is 1.96. The Labute approximate surface area is 68.9 Å². The average Bonchev–Trinajstić information content (AvgIpc) is 2.69. The quantitative estimate of drug-likeness (QED) is 0.437. The third kappa shape index (κ3) is 3.73. The zero-order valence-corrected chi connectivity index (χ0v) is 7.56. The van der Waals surface area contributed by atoms with E-state index in [0.29, 0.717) is 0 Å². The van der Waals surface area contributed by atoms with Crippen LogP contribution >= 0.6 is 0 Å². The predicted molar refractivity (Wildman–Crippen MR) is 44.5 cm³/mol. The summed E-state index contributed by atoms with van der Waals surface area (Å²) in [5.41, 5.74) is 0. The lowest BCUT2D eigenvalue weighted by molar-refractivity contribution is -0.0308. The molecule has 11 heavy (non-hydrogen) atoms. The molecule has 1 saturated heterocycles. The summed E-state index contributed by atoms with van der Waals surface area (Å²) in [6, 6.07) is 0. The van der Waals surface area contributed by atoms with E-state index in [2.05, 4.69) is 6.92 Å². The van der Waals surface area contributed by atoms with Gasteiger partial charge >= 0.3 is 0 Å². The molecule has 0 aliphatic carbocycles. The van der Waals surface area contributed by atoms with E-state index in [4.69, 9.17) is 9.47 Å². The second-order valence-corrected chi connectivity index (χ2v) is 3.33. The molecule has 2 nitrogen and oxygen atoms in total. The Hall–Kier alpha value is -0.0800. The standard InChI is InChI=1S/C9H18O2/c1-3-4-5-6-7-10-9(2)8-11-9/h3-8H2,1-2H3. The molecule has 1 atom stereocenters. The molecule has 0 radical (unpaired) electrons. The van der Waals surface area contributed by atoms with Gasteiger partial charge in [0.25, 0.3) is 0 Å². The van der Waals surface area contributed by atoms with Crippen LogP contribution < -0.4 is 0 Å². The Morgan fingerprint density at radius 1 is 1.36 bits per heavy atom. The summed E-state index contributed by atoms with van der Waals surface area (Å²) in [6.45, 7) is 5.84. The molecule has 0 aromatic heterocycles. The van der Waals surface area contributed by atoms with E-state index in [1.165, 1.54) is 25.7 Å². The van der Waals surface area contributed by atoms with Gasteiger partial charge in [-0.25, -0.2) is 0 Å². The van der Waals surface area contributed by atoms with E-state index >= 15 is 0 Å². The highest BCUT2D eigenvalue weighted by Gasteiger charge is 2.40. The van der Waals surface area contributed by atoms with Gasteiger partial charge in [-0.15, -0.1) is 0 Å². The average molecular weight is 158 g/mol. The Bertz CT molecular complexity index is 108. The van der Waals surface area contributed by atoms with Gasteiger partial charge < -0.3 is 9.47 Å². The summed E-state index contributed by atoms with van der Waals surface area (Å²) in [7, 11) is 0. The van der Waals surface area contributed by atoms with E-state index in [0.717, 1.165) is 13.2 Å². The van der Waals surface area contributed by atoms with Gasteiger partial charge in [0.15, 0.2) is 5.79 Å². The second-order valence-electron chi connectivity index (χ2n) is 3.33. The molecule has 1 aliphatic heterocycles. The molecular formula is C9H18O2. The SMILES string of the molecule is CCCCCCOC1(C)CO1. The molecule has 0 aromatic rings. The minimum Gasteiger partial charge on any atom is -0.348 e. The van der Waals surface area contributed by atoms with Crippen molar-refractivity contribution >= 4 is 0 Å². The van der Waals surface area contributed by atoms with Crippen LogP contribution in [0.25, 0.3) is 0 Å². The monoisotopic (exact) mass is 158 g/mol. The lowest BCUT2D eigenvalue weighted by Gasteiger charge is -2.06. The second kappa shape index (κ2) is 4.07. The molecule has 1 aliphatic rings. The fourth-order valence-electron chi connectivity index (χ4n) is 1.00. The topological polar surface area (TPSA) is 21.8 Å². The Balaban J connectivity index is 1.81. The Morgan fingerprint density at radius 3 is 2.64 bits per heavy atom. The maximum Gasteiger partial charge on any atom is 0.189 e. The number of rotatable bonds is 6. The van der Waals surface area contributed by atoms with Crippen LogP contribution in [0.1, 0.15) is 39.5 Å². The zero-order chi connectivity index (χ0) is 8.16. The van der Waals surface area contributed by atoms with Crippen molar-refractivity contribution in [2.24, 2.45) is 0 Å². The van der Waals surface area contributed by atoms with Crippen LogP contribution in [0.5, 0.6) is 0 Å². The normalized spacial score (nSPS) is 28.9. The highest BCUT2D eigenvalue weighted by Crippen LogP contribution is 2.27. The van der Waals surface area contributed by atoms with E-state index in [1.807, 2.05) is 6.92 Å². The molecule has 1 unspecified atom stereocenters. The van der Waals surface area contributed by atoms with E-state index in [-0.39, 0.29) is 5.79 Å². The van der Waals surface area contributed by atoms with Gasteiger partial charge in [0.1, 0.15) is 6.61 Å². The van der Waals surface area contributed by atoms with Gasteiger partial charge in [0.05, 0.1) is 6.61 Å². The van der Waals surface area contributed by atoms with Crippen molar-refractivity contribution in [3.63, 3.8) is 0 Å². The number of unbranched alkanes of at least 4 members (excludes halogenated alkanes) is 3. The summed E-state index contributed by atoms with van der Waals surface area (Å²) < 4.78 is 10.5. The van der Waals surface area contributed by atoms with E-state index < -0.39 is 0 Å². The fraction of sp³-hybridized carbons (Fsp3) is 1.00. The van der Waals surface area contributed by atoms with Crippen molar-refractivity contribution in [3.05, 3.63) is 0 Å². The number of hydrogen-bond acceptors (Lipinski definition) is 2. The smallest absolute Gasteiger partial charge is 0.189 e. The molecule has 1 heterocycles. The molecule has 0 N–H and O–H groups in total. The number of epoxide rings is 1. The van der Waals surface area contributed by atoms with Gasteiger partial charge in [-0.1, -0.05) is 26.2 Å². The minimum absolute atomic E-state index is 0.202. The van der Waals surface area contributed by atoms with E-state index in [9.17, 15) is 0 Å². The van der Waals surface area contributed by atoms with Crippen LogP contribution in [0.3, 0.4) is 0 Å². The van der Waals surface area contributed by atoms with Gasteiger partial charge in [-0.05, 0) is 13.3 Å². The van der Waals surface area contributed by atoms with Crippen LogP contribution in [-0.2, 0) is 9.47 Å². The van der Waals surface area contributed by atoms with Gasteiger partial charge in [0, 0.05) is 0 Å². The molecule has 0 saturated carbocycles. The van der Waals surface area contributed by atoms with E-state index in [1.54, 1.807) is 0 Å². The van der Waals surface area contributed by atoms with Crippen LogP contribution in [0.2, 0.25) is 0 Å². The zero-order valence-electron chi connectivity index (χ0n) is 7.56. The van der Waals surface area contributed by atoms with Gasteiger partial charge in [-0.3, -0.25) is 0 Å². The maximum atomic E-state index is 5.46. The van der Waals surface area contributed by atoms with Gasteiger partial charge in [0.2, 0.25) is 0 Å². The highest BCUT2D eigenvalue weighted by atomic mass is 16.8. The molecule has 66 valence electrons. The fourth-order valence-corrected chi connectivity index (χ4v) is 1.00.